The molecular weight excluding hydrogens is 313 g/mol. The Balaban J connectivity index is 0.00000400. The molecule has 0 aromatic heterocycles. The molecule has 0 fully saturated rings. The molecule has 0 aliphatic heterocycles. The molecule has 0 aliphatic rings. The highest BCUT2D eigenvalue weighted by atomic mass is 35.5. The van der Waals surface area contributed by atoms with Gasteiger partial charge in [0.25, 0.3) is 0 Å². The molecule has 0 aliphatic carbocycles. The van der Waals surface area contributed by atoms with Crippen molar-refractivity contribution in [2.45, 2.75) is 32.4 Å². The molecule has 0 saturated carbocycles. The number of benzene rings is 1. The zero-order chi connectivity index (χ0) is 15.5. The van der Waals surface area contributed by atoms with E-state index in [1.807, 2.05) is 0 Å². The van der Waals surface area contributed by atoms with Crippen molar-refractivity contribution in [2.75, 3.05) is 0 Å². The number of primary amides is 1. The number of rotatable bonds is 5. The fourth-order valence-electron chi connectivity index (χ4n) is 1.67. The van der Waals surface area contributed by atoms with Crippen molar-refractivity contribution in [1.82, 2.24) is 5.32 Å². The first-order valence-electron chi connectivity index (χ1n) is 6.32. The van der Waals surface area contributed by atoms with E-state index < -0.39 is 17.4 Å². The van der Waals surface area contributed by atoms with Gasteiger partial charge in [-0.15, -0.1) is 12.4 Å². The highest BCUT2D eigenvalue weighted by molar-refractivity contribution is 6.30. The molecular formula is C14H21Cl2N3O2. The Morgan fingerprint density at radius 2 is 1.90 bits per heavy atom. The molecule has 21 heavy (non-hydrogen) atoms. The summed E-state index contributed by atoms with van der Waals surface area (Å²) in [6.07, 6.45) is 0. The molecule has 118 valence electrons. The number of carbonyl (C=O) groups excluding carboxylic acids is 2. The SMILES string of the molecule is CC(N)C(C)C(=O)NC(C)(C(N)=O)c1cccc(Cl)c1.Cl. The third-order valence-corrected chi connectivity index (χ3v) is 3.71. The van der Waals surface area contributed by atoms with Gasteiger partial charge in [-0.1, -0.05) is 30.7 Å². The van der Waals surface area contributed by atoms with Crippen LogP contribution in [0.4, 0.5) is 0 Å². The first kappa shape index (κ1) is 19.7. The van der Waals surface area contributed by atoms with Crippen molar-refractivity contribution in [3.63, 3.8) is 0 Å². The van der Waals surface area contributed by atoms with Gasteiger partial charge in [0.1, 0.15) is 5.54 Å². The lowest BCUT2D eigenvalue weighted by Gasteiger charge is -2.30. The minimum Gasteiger partial charge on any atom is -0.367 e. The molecule has 0 bridgehead atoms. The van der Waals surface area contributed by atoms with E-state index >= 15 is 0 Å². The summed E-state index contributed by atoms with van der Waals surface area (Å²) in [5, 5.41) is 3.13. The molecule has 1 rings (SSSR count). The van der Waals surface area contributed by atoms with E-state index in [-0.39, 0.29) is 24.4 Å². The van der Waals surface area contributed by atoms with Gasteiger partial charge >= 0.3 is 0 Å². The number of halogens is 2. The van der Waals surface area contributed by atoms with Crippen molar-refractivity contribution >= 4 is 35.8 Å². The summed E-state index contributed by atoms with van der Waals surface area (Å²) in [5.41, 5.74) is 10.3. The van der Waals surface area contributed by atoms with Crippen molar-refractivity contribution in [1.29, 1.82) is 0 Å². The van der Waals surface area contributed by atoms with Crippen molar-refractivity contribution in [3.8, 4) is 0 Å². The minimum atomic E-state index is -1.33. The van der Waals surface area contributed by atoms with Gasteiger partial charge in [-0.2, -0.15) is 0 Å². The van der Waals surface area contributed by atoms with E-state index in [0.29, 0.717) is 10.6 Å². The van der Waals surface area contributed by atoms with Crippen LogP contribution in [0.2, 0.25) is 5.02 Å². The van der Waals surface area contributed by atoms with Crippen molar-refractivity contribution < 1.29 is 9.59 Å². The van der Waals surface area contributed by atoms with Crippen molar-refractivity contribution in [3.05, 3.63) is 34.9 Å². The van der Waals surface area contributed by atoms with Gasteiger partial charge in [0.15, 0.2) is 0 Å². The van der Waals surface area contributed by atoms with E-state index in [1.165, 1.54) is 0 Å². The molecule has 3 unspecified atom stereocenters. The maximum atomic E-state index is 12.1. The van der Waals surface area contributed by atoms with Crippen LogP contribution in [0.1, 0.15) is 26.3 Å². The predicted molar refractivity (Wildman–Crippen MR) is 86.2 cm³/mol. The monoisotopic (exact) mass is 333 g/mol. The van der Waals surface area contributed by atoms with Gasteiger partial charge in [0.2, 0.25) is 11.8 Å². The smallest absolute Gasteiger partial charge is 0.247 e. The van der Waals surface area contributed by atoms with Gasteiger partial charge in [-0.05, 0) is 31.5 Å². The molecule has 1 aromatic rings. The van der Waals surface area contributed by atoms with Crippen LogP contribution < -0.4 is 16.8 Å². The third-order valence-electron chi connectivity index (χ3n) is 3.47. The number of hydrogen-bond acceptors (Lipinski definition) is 3. The van der Waals surface area contributed by atoms with Gasteiger partial charge < -0.3 is 16.8 Å². The van der Waals surface area contributed by atoms with Crippen LogP contribution in [0.3, 0.4) is 0 Å². The van der Waals surface area contributed by atoms with Gasteiger partial charge in [0.05, 0.1) is 0 Å². The first-order valence-corrected chi connectivity index (χ1v) is 6.70. The van der Waals surface area contributed by atoms with E-state index in [4.69, 9.17) is 23.1 Å². The topological polar surface area (TPSA) is 98.2 Å². The molecule has 0 saturated heterocycles. The van der Waals surface area contributed by atoms with Gasteiger partial charge in [-0.25, -0.2) is 0 Å². The van der Waals surface area contributed by atoms with Crippen LogP contribution in [0.5, 0.6) is 0 Å². The summed E-state index contributed by atoms with van der Waals surface area (Å²) < 4.78 is 0. The number of amides is 2. The predicted octanol–water partition coefficient (Wildman–Crippen LogP) is 1.56. The average molecular weight is 334 g/mol. The lowest BCUT2D eigenvalue weighted by Crippen LogP contribution is -2.55. The Bertz CT molecular complexity index is 523. The second-order valence-corrected chi connectivity index (χ2v) is 5.57. The molecule has 2 amide bonds. The summed E-state index contributed by atoms with van der Waals surface area (Å²) in [7, 11) is 0. The summed E-state index contributed by atoms with van der Waals surface area (Å²) in [6.45, 7) is 4.97. The van der Waals surface area contributed by atoms with Crippen LogP contribution in [-0.4, -0.2) is 17.9 Å². The molecule has 0 radical (unpaired) electrons. The minimum absolute atomic E-state index is 0. The molecule has 0 spiro atoms. The summed E-state index contributed by atoms with van der Waals surface area (Å²) in [5.74, 6) is -1.43. The second kappa shape index (κ2) is 7.64. The maximum absolute atomic E-state index is 12.1. The Kier molecular flexibility index (Phi) is 7.16. The molecule has 1 aromatic carbocycles. The van der Waals surface area contributed by atoms with E-state index in [9.17, 15) is 9.59 Å². The fraction of sp³-hybridized carbons (Fsp3) is 0.429. The Morgan fingerprint density at radius 1 is 1.33 bits per heavy atom. The zero-order valence-corrected chi connectivity index (χ0v) is 13.8. The van der Waals surface area contributed by atoms with Crippen LogP contribution in [-0.2, 0) is 15.1 Å². The number of carbonyl (C=O) groups is 2. The lowest BCUT2D eigenvalue weighted by atomic mass is 9.90. The van der Waals surface area contributed by atoms with Crippen LogP contribution in [0.25, 0.3) is 0 Å². The molecule has 5 N–H and O–H groups in total. The van der Waals surface area contributed by atoms with Crippen LogP contribution in [0.15, 0.2) is 24.3 Å². The molecule has 0 heterocycles. The van der Waals surface area contributed by atoms with E-state index in [2.05, 4.69) is 5.32 Å². The zero-order valence-electron chi connectivity index (χ0n) is 12.2. The normalized spacial score (nSPS) is 16.0. The Labute approximate surface area is 135 Å². The number of nitrogens with two attached hydrogens (primary N) is 2. The highest BCUT2D eigenvalue weighted by Crippen LogP contribution is 2.24. The van der Waals surface area contributed by atoms with Gasteiger partial charge in [0, 0.05) is 17.0 Å². The summed E-state index contributed by atoms with van der Waals surface area (Å²) >= 11 is 5.92. The lowest BCUT2D eigenvalue weighted by molar-refractivity contribution is -0.133. The first-order chi connectivity index (χ1) is 9.18. The van der Waals surface area contributed by atoms with Crippen LogP contribution >= 0.6 is 24.0 Å². The fourth-order valence-corrected chi connectivity index (χ4v) is 1.86. The largest absolute Gasteiger partial charge is 0.367 e. The van der Waals surface area contributed by atoms with Crippen molar-refractivity contribution in [2.24, 2.45) is 17.4 Å². The number of hydrogen-bond donors (Lipinski definition) is 3. The third kappa shape index (κ3) is 4.59. The number of nitrogens with one attached hydrogen (secondary N) is 1. The van der Waals surface area contributed by atoms with Crippen LogP contribution in [0, 0.1) is 5.92 Å². The maximum Gasteiger partial charge on any atom is 0.247 e. The Hall–Kier alpha value is -1.30. The molecule has 5 nitrogen and oxygen atoms in total. The Morgan fingerprint density at radius 3 is 2.33 bits per heavy atom. The van der Waals surface area contributed by atoms with E-state index in [0.717, 1.165) is 0 Å². The highest BCUT2D eigenvalue weighted by Gasteiger charge is 2.36. The summed E-state index contributed by atoms with van der Waals surface area (Å²) in [4.78, 5) is 23.9. The molecule has 7 heteroatoms. The second-order valence-electron chi connectivity index (χ2n) is 5.14. The summed E-state index contributed by atoms with van der Waals surface area (Å²) in [6, 6.07) is 6.33. The molecule has 3 atom stereocenters. The quantitative estimate of drug-likeness (QED) is 0.762. The average Bonchev–Trinajstić information content (AvgIpc) is 2.37. The standard InChI is InChI=1S/C14H20ClN3O2.ClH/c1-8(9(2)16)12(19)18-14(3,13(17)20)10-5-4-6-11(15)7-10;/h4-9H,16H2,1-3H3,(H2,17,20)(H,18,19);1H. The van der Waals surface area contributed by atoms with Gasteiger partial charge in [-0.3, -0.25) is 9.59 Å². The van der Waals surface area contributed by atoms with E-state index in [1.54, 1.807) is 45.0 Å².